The summed E-state index contributed by atoms with van der Waals surface area (Å²) >= 11 is 0. The van der Waals surface area contributed by atoms with E-state index in [0.29, 0.717) is 13.1 Å². The normalized spacial score (nSPS) is 16.4. The van der Waals surface area contributed by atoms with Crippen LogP contribution >= 0.6 is 0 Å². The molecule has 0 spiro atoms. The number of carbonyl (C=O) groups is 1. The molecule has 2 aliphatic heterocycles. The monoisotopic (exact) mass is 470 g/mol. The molecule has 11 heteroatoms. The number of amides is 1. The lowest BCUT2D eigenvalue weighted by Crippen LogP contribution is -2.43. The number of hydrogen-bond acceptors (Lipinski definition) is 8. The first-order valence-corrected chi connectivity index (χ1v) is 11.6. The van der Waals surface area contributed by atoms with Gasteiger partial charge in [0.1, 0.15) is 11.6 Å². The van der Waals surface area contributed by atoms with Crippen LogP contribution in [0, 0.1) is 11.3 Å². The van der Waals surface area contributed by atoms with Crippen LogP contribution < -0.4 is 14.8 Å². The Labute approximate surface area is 191 Å². The number of piperazine rings is 1. The molecule has 4 rings (SSSR count). The lowest BCUT2D eigenvalue weighted by molar-refractivity contribution is -0.112. The topological polar surface area (TPSA) is 132 Å². The van der Waals surface area contributed by atoms with Crippen LogP contribution in [-0.2, 0) is 21.5 Å². The molecule has 172 valence electrons. The number of anilines is 1. The maximum absolute atomic E-state index is 12.5. The van der Waals surface area contributed by atoms with Crippen molar-refractivity contribution in [2.24, 2.45) is 0 Å². The van der Waals surface area contributed by atoms with Crippen molar-refractivity contribution in [3.63, 3.8) is 0 Å². The zero-order chi connectivity index (χ0) is 23.4. The van der Waals surface area contributed by atoms with E-state index in [1.165, 1.54) is 24.4 Å². The summed E-state index contributed by atoms with van der Waals surface area (Å²) in [6, 6.07) is 13.0. The van der Waals surface area contributed by atoms with Crippen LogP contribution in [-0.4, -0.2) is 61.6 Å². The molecule has 1 amide bonds. The summed E-state index contributed by atoms with van der Waals surface area (Å²) in [5.74, 6) is 0.842. The molecule has 2 N–H and O–H groups in total. The first-order chi connectivity index (χ1) is 15.8. The highest BCUT2D eigenvalue weighted by Gasteiger charge is 2.20. The molecule has 33 heavy (non-hydrogen) atoms. The second-order valence-electron chi connectivity index (χ2n) is 7.61. The van der Waals surface area contributed by atoms with Gasteiger partial charge in [0, 0.05) is 44.6 Å². The molecular formula is C22H22N4O6S. The van der Waals surface area contributed by atoms with Gasteiger partial charge >= 0.3 is 0 Å². The molecule has 0 atom stereocenters. The molecule has 1 fully saturated rings. The number of hydrogen-bond donors (Lipinski definition) is 2. The molecule has 10 nitrogen and oxygen atoms in total. The Balaban J connectivity index is 1.34. The van der Waals surface area contributed by atoms with E-state index >= 15 is 0 Å². The van der Waals surface area contributed by atoms with Crippen LogP contribution in [0.25, 0.3) is 0 Å². The quantitative estimate of drug-likeness (QED) is 0.369. The van der Waals surface area contributed by atoms with Crippen LogP contribution in [0.5, 0.6) is 11.5 Å². The van der Waals surface area contributed by atoms with Gasteiger partial charge in [0.2, 0.25) is 6.79 Å². The minimum absolute atomic E-state index is 0.100. The maximum Gasteiger partial charge on any atom is 0.294 e. The highest BCUT2D eigenvalue weighted by molar-refractivity contribution is 7.85. The minimum atomic E-state index is -4.40. The van der Waals surface area contributed by atoms with Crippen LogP contribution in [0.2, 0.25) is 0 Å². The fraction of sp³-hybridized carbons (Fsp3) is 0.273. The summed E-state index contributed by atoms with van der Waals surface area (Å²) in [5.41, 5.74) is 1.17. The summed E-state index contributed by atoms with van der Waals surface area (Å²) in [7, 11) is -4.40. The van der Waals surface area contributed by atoms with Gasteiger partial charge in [-0.05, 0) is 35.9 Å². The van der Waals surface area contributed by atoms with Crippen LogP contribution in [0.15, 0.2) is 59.1 Å². The van der Waals surface area contributed by atoms with E-state index in [2.05, 4.69) is 10.2 Å². The standard InChI is InChI=1S/C22H22N4O6S/c23-12-17(22(27)24-18-2-1-3-19(11-18)33(28,29)30)14-26-8-6-25(7-9-26)13-16-4-5-20-21(10-16)32-15-31-20/h1-5,10-11,14H,6-9,13,15H2,(H,24,27)(H,28,29,30)/b17-14-. The molecular weight excluding hydrogens is 448 g/mol. The van der Waals surface area contributed by atoms with Crippen LogP contribution in [0.3, 0.4) is 0 Å². The molecule has 2 aromatic carbocycles. The van der Waals surface area contributed by atoms with Crippen molar-refractivity contribution >= 4 is 21.7 Å². The molecule has 2 aromatic rings. The fourth-order valence-electron chi connectivity index (χ4n) is 3.60. The number of nitrogens with zero attached hydrogens (tertiary/aromatic N) is 3. The van der Waals surface area contributed by atoms with Crippen molar-refractivity contribution in [3.05, 3.63) is 59.8 Å². The molecule has 0 unspecified atom stereocenters. The Morgan fingerprint density at radius 1 is 1.12 bits per heavy atom. The van der Waals surface area contributed by atoms with Crippen molar-refractivity contribution in [3.8, 4) is 17.6 Å². The number of ether oxygens (including phenoxy) is 2. The van der Waals surface area contributed by atoms with Gasteiger partial charge in [-0.3, -0.25) is 14.2 Å². The number of carbonyl (C=O) groups excluding carboxylic acids is 1. The zero-order valence-corrected chi connectivity index (χ0v) is 18.4. The smallest absolute Gasteiger partial charge is 0.294 e. The largest absolute Gasteiger partial charge is 0.454 e. The van der Waals surface area contributed by atoms with Gasteiger partial charge in [-0.15, -0.1) is 0 Å². The second-order valence-corrected chi connectivity index (χ2v) is 9.03. The fourth-order valence-corrected chi connectivity index (χ4v) is 4.13. The number of nitriles is 1. The van der Waals surface area contributed by atoms with Crippen LogP contribution in [0.1, 0.15) is 5.56 Å². The molecule has 0 aromatic heterocycles. The van der Waals surface area contributed by atoms with Crippen molar-refractivity contribution in [2.45, 2.75) is 11.4 Å². The second kappa shape index (κ2) is 9.50. The Morgan fingerprint density at radius 3 is 2.61 bits per heavy atom. The summed E-state index contributed by atoms with van der Waals surface area (Å²) in [6.07, 6.45) is 1.51. The third-order valence-electron chi connectivity index (χ3n) is 5.32. The van der Waals surface area contributed by atoms with Gasteiger partial charge in [-0.2, -0.15) is 13.7 Å². The predicted molar refractivity (Wildman–Crippen MR) is 118 cm³/mol. The van der Waals surface area contributed by atoms with E-state index in [4.69, 9.17) is 14.0 Å². The van der Waals surface area contributed by atoms with Crippen molar-refractivity contribution in [2.75, 3.05) is 38.3 Å². The third kappa shape index (κ3) is 5.61. The number of nitrogens with one attached hydrogen (secondary N) is 1. The SMILES string of the molecule is N#C/C(=C/N1CCN(Cc2ccc3c(c2)OCO3)CC1)C(=O)Nc1cccc(S(=O)(=O)O)c1. The number of benzene rings is 2. The average Bonchev–Trinajstić information content (AvgIpc) is 3.26. The van der Waals surface area contributed by atoms with Crippen molar-refractivity contribution < 1.29 is 27.2 Å². The summed E-state index contributed by atoms with van der Waals surface area (Å²) < 4.78 is 42.5. The molecule has 2 aliphatic rings. The van der Waals surface area contributed by atoms with E-state index in [9.17, 15) is 18.5 Å². The van der Waals surface area contributed by atoms with E-state index in [1.807, 2.05) is 29.2 Å². The van der Waals surface area contributed by atoms with Gasteiger partial charge in [-0.1, -0.05) is 12.1 Å². The molecule has 0 radical (unpaired) electrons. The highest BCUT2D eigenvalue weighted by Crippen LogP contribution is 2.32. The lowest BCUT2D eigenvalue weighted by atomic mass is 10.1. The van der Waals surface area contributed by atoms with E-state index in [0.717, 1.165) is 42.8 Å². The third-order valence-corrected chi connectivity index (χ3v) is 6.17. The van der Waals surface area contributed by atoms with E-state index in [1.54, 1.807) is 0 Å². The van der Waals surface area contributed by atoms with Gasteiger partial charge in [0.25, 0.3) is 16.0 Å². The predicted octanol–water partition coefficient (Wildman–Crippen LogP) is 1.83. The summed E-state index contributed by atoms with van der Waals surface area (Å²) in [6.45, 7) is 3.78. The first-order valence-electron chi connectivity index (χ1n) is 10.2. The Bertz CT molecular complexity index is 1230. The number of rotatable bonds is 6. The van der Waals surface area contributed by atoms with Crippen molar-refractivity contribution in [1.29, 1.82) is 5.26 Å². The van der Waals surface area contributed by atoms with E-state index in [-0.39, 0.29) is 22.9 Å². The zero-order valence-electron chi connectivity index (χ0n) is 17.6. The van der Waals surface area contributed by atoms with Crippen LogP contribution in [0.4, 0.5) is 5.69 Å². The highest BCUT2D eigenvalue weighted by atomic mass is 32.2. The molecule has 2 heterocycles. The molecule has 0 saturated carbocycles. The van der Waals surface area contributed by atoms with Gasteiger partial charge < -0.3 is 19.7 Å². The molecule has 0 aliphatic carbocycles. The Morgan fingerprint density at radius 2 is 1.88 bits per heavy atom. The average molecular weight is 471 g/mol. The van der Waals surface area contributed by atoms with Gasteiger partial charge in [0.05, 0.1) is 4.90 Å². The molecule has 1 saturated heterocycles. The lowest BCUT2D eigenvalue weighted by Gasteiger charge is -2.34. The summed E-state index contributed by atoms with van der Waals surface area (Å²) in [4.78, 5) is 16.3. The van der Waals surface area contributed by atoms with Crippen molar-refractivity contribution in [1.82, 2.24) is 9.80 Å². The van der Waals surface area contributed by atoms with E-state index < -0.39 is 16.0 Å². The molecule has 0 bridgehead atoms. The number of fused-ring (bicyclic) bond motifs is 1. The van der Waals surface area contributed by atoms with Gasteiger partial charge in [0.15, 0.2) is 11.5 Å². The Hall–Kier alpha value is -3.59. The Kier molecular flexibility index (Phi) is 6.50. The minimum Gasteiger partial charge on any atom is -0.454 e. The van der Waals surface area contributed by atoms with Gasteiger partial charge in [-0.25, -0.2) is 0 Å². The first kappa shape index (κ1) is 22.6. The summed E-state index contributed by atoms with van der Waals surface area (Å²) in [5, 5.41) is 11.9. The maximum atomic E-state index is 12.5.